The summed E-state index contributed by atoms with van der Waals surface area (Å²) in [6, 6.07) is 17.4. The maximum Gasteiger partial charge on any atom is 0.340 e. The largest absolute Gasteiger partial charge is 0.461 e. The van der Waals surface area contributed by atoms with E-state index in [1.54, 1.807) is 31.2 Å². The van der Waals surface area contributed by atoms with Crippen LogP contribution in [0.25, 0.3) is 0 Å². The number of hydrogen-bond donors (Lipinski definition) is 0. The number of ether oxygens (including phenoxy) is 2. The Bertz CT molecular complexity index is 1280. The number of para-hydroxylation sites is 1. The van der Waals surface area contributed by atoms with Gasteiger partial charge in [-0.25, -0.2) is 9.69 Å². The second-order valence-electron chi connectivity index (χ2n) is 12.6. The molecule has 0 N–H and O–H groups in total. The standard InChI is InChI=1S/C33H40N2O5/c1-23-18-29(36)35(30(23)37)26-13-7-6-12-25(26)31(38)40-22-32-17-15-28(39-2)33(16-9-8-14-27(32)33)21-34(20-32)19-24-10-4-3-5-11-24/h3-7,10-13,23,27-28H,8-9,14-22H2,1-2H3/t23-,27-,28-,32-,33+/m1/s1. The molecule has 2 aromatic carbocycles. The van der Waals surface area contributed by atoms with Gasteiger partial charge in [-0.3, -0.25) is 14.5 Å². The fraction of sp³-hybridized carbons (Fsp3) is 0.545. The Morgan fingerprint density at radius 2 is 1.75 bits per heavy atom. The molecule has 40 heavy (non-hydrogen) atoms. The molecule has 2 aliphatic carbocycles. The molecular weight excluding hydrogens is 504 g/mol. The molecule has 0 spiro atoms. The third kappa shape index (κ3) is 4.57. The number of methoxy groups -OCH3 is 1. The van der Waals surface area contributed by atoms with Crippen LogP contribution >= 0.6 is 0 Å². The van der Waals surface area contributed by atoms with Crippen molar-refractivity contribution in [2.24, 2.45) is 22.7 Å². The lowest BCUT2D eigenvalue weighted by atomic mass is 9.46. The monoisotopic (exact) mass is 544 g/mol. The summed E-state index contributed by atoms with van der Waals surface area (Å²) >= 11 is 0. The van der Waals surface area contributed by atoms with Gasteiger partial charge in [-0.1, -0.05) is 62.2 Å². The van der Waals surface area contributed by atoms with Crippen molar-refractivity contribution in [1.29, 1.82) is 0 Å². The highest BCUT2D eigenvalue weighted by molar-refractivity contribution is 6.22. The molecule has 2 bridgehead atoms. The van der Waals surface area contributed by atoms with E-state index in [1.807, 2.05) is 13.2 Å². The molecule has 6 rings (SSSR count). The van der Waals surface area contributed by atoms with Gasteiger partial charge in [0.25, 0.3) is 0 Å². The summed E-state index contributed by atoms with van der Waals surface area (Å²) in [7, 11) is 1.85. The number of hydrogen-bond acceptors (Lipinski definition) is 6. The van der Waals surface area contributed by atoms with Crippen LogP contribution in [0, 0.1) is 22.7 Å². The van der Waals surface area contributed by atoms with Crippen LogP contribution in [0.1, 0.15) is 67.8 Å². The zero-order chi connectivity index (χ0) is 27.9. The van der Waals surface area contributed by atoms with Crippen molar-refractivity contribution in [1.82, 2.24) is 4.90 Å². The van der Waals surface area contributed by atoms with Crippen LogP contribution in [0.2, 0.25) is 0 Å². The summed E-state index contributed by atoms with van der Waals surface area (Å²) in [6.45, 7) is 4.81. The summed E-state index contributed by atoms with van der Waals surface area (Å²) in [5.41, 5.74) is 1.77. The number of carbonyl (C=O) groups excluding carboxylic acids is 3. The number of carbonyl (C=O) groups is 3. The maximum atomic E-state index is 13.7. The molecule has 7 heteroatoms. The highest BCUT2D eigenvalue weighted by Crippen LogP contribution is 2.62. The molecule has 0 unspecified atom stereocenters. The molecule has 0 aromatic heterocycles. The van der Waals surface area contributed by atoms with Gasteiger partial charge in [0, 0.05) is 49.9 Å². The lowest BCUT2D eigenvalue weighted by Crippen LogP contribution is -2.68. The average Bonchev–Trinajstić information content (AvgIpc) is 3.22. The Hall–Kier alpha value is -3.03. The van der Waals surface area contributed by atoms with Crippen molar-refractivity contribution in [2.45, 2.75) is 64.5 Å². The van der Waals surface area contributed by atoms with Gasteiger partial charge in [0.05, 0.1) is 24.0 Å². The number of likely N-dealkylation sites (tertiary alicyclic amines) is 1. The van der Waals surface area contributed by atoms with Gasteiger partial charge in [0.15, 0.2) is 0 Å². The van der Waals surface area contributed by atoms with Crippen LogP contribution in [0.15, 0.2) is 54.6 Å². The molecule has 2 heterocycles. The summed E-state index contributed by atoms with van der Waals surface area (Å²) in [5.74, 6) is -0.975. The van der Waals surface area contributed by atoms with Crippen LogP contribution in [-0.2, 0) is 25.6 Å². The van der Waals surface area contributed by atoms with Crippen LogP contribution in [0.3, 0.4) is 0 Å². The summed E-state index contributed by atoms with van der Waals surface area (Å²) in [4.78, 5) is 42.8. The Labute approximate surface area is 236 Å². The second-order valence-corrected chi connectivity index (χ2v) is 12.6. The average molecular weight is 545 g/mol. The summed E-state index contributed by atoms with van der Waals surface area (Å²) in [6.07, 6.45) is 6.93. The quantitative estimate of drug-likeness (QED) is 0.351. The Morgan fingerprint density at radius 3 is 2.50 bits per heavy atom. The van der Waals surface area contributed by atoms with Crippen molar-refractivity contribution in [3.8, 4) is 0 Å². The topological polar surface area (TPSA) is 76.1 Å². The highest BCUT2D eigenvalue weighted by atomic mass is 16.5. The lowest BCUT2D eigenvalue weighted by molar-refractivity contribution is -0.213. The normalized spacial score (nSPS) is 32.1. The van der Waals surface area contributed by atoms with E-state index in [4.69, 9.17) is 9.47 Å². The Morgan fingerprint density at radius 1 is 0.975 bits per heavy atom. The number of piperidine rings is 1. The molecule has 2 amide bonds. The maximum absolute atomic E-state index is 13.7. The van der Waals surface area contributed by atoms with E-state index < -0.39 is 5.97 Å². The first-order valence-corrected chi connectivity index (χ1v) is 14.8. The summed E-state index contributed by atoms with van der Waals surface area (Å²) < 4.78 is 12.4. The SMILES string of the molecule is CO[C@@H]1CC[C@]2(COC(=O)c3ccccc3N3C(=O)C[C@@H](C)C3=O)CN(Cc3ccccc3)C[C@]13CCCC[C@H]23. The van der Waals surface area contributed by atoms with Gasteiger partial charge < -0.3 is 9.47 Å². The van der Waals surface area contributed by atoms with E-state index in [0.717, 1.165) is 50.2 Å². The number of nitrogens with zero attached hydrogens (tertiary/aromatic N) is 2. The first kappa shape index (κ1) is 27.2. The van der Waals surface area contributed by atoms with E-state index >= 15 is 0 Å². The molecule has 2 aromatic rings. The minimum absolute atomic E-state index is 0.0487. The number of rotatable bonds is 7. The molecule has 7 nitrogen and oxygen atoms in total. The number of esters is 1. The van der Waals surface area contributed by atoms with Gasteiger partial charge in [0.1, 0.15) is 0 Å². The fourth-order valence-electron chi connectivity index (χ4n) is 8.53. The van der Waals surface area contributed by atoms with Crippen LogP contribution < -0.4 is 4.90 Å². The number of benzene rings is 2. The fourth-order valence-corrected chi connectivity index (χ4v) is 8.53. The molecule has 2 saturated carbocycles. The van der Waals surface area contributed by atoms with Gasteiger partial charge >= 0.3 is 5.97 Å². The molecule has 4 aliphatic rings. The molecule has 212 valence electrons. The van der Waals surface area contributed by atoms with Crippen LogP contribution in [0.4, 0.5) is 5.69 Å². The predicted molar refractivity (Wildman–Crippen MR) is 152 cm³/mol. The smallest absolute Gasteiger partial charge is 0.340 e. The highest BCUT2D eigenvalue weighted by Gasteiger charge is 2.62. The molecular formula is C33H40N2O5. The van der Waals surface area contributed by atoms with E-state index in [9.17, 15) is 14.4 Å². The Balaban J connectivity index is 1.28. The first-order valence-electron chi connectivity index (χ1n) is 14.8. The van der Waals surface area contributed by atoms with Crippen molar-refractivity contribution >= 4 is 23.5 Å². The van der Waals surface area contributed by atoms with E-state index in [1.165, 1.54) is 18.4 Å². The van der Waals surface area contributed by atoms with Crippen molar-refractivity contribution < 1.29 is 23.9 Å². The Kier molecular flexibility index (Phi) is 7.30. The molecule has 0 radical (unpaired) electrons. The minimum atomic E-state index is -0.472. The van der Waals surface area contributed by atoms with Crippen molar-refractivity contribution in [2.75, 3.05) is 31.7 Å². The van der Waals surface area contributed by atoms with E-state index in [-0.39, 0.29) is 46.7 Å². The molecule has 2 aliphatic heterocycles. The number of amides is 2. The predicted octanol–water partition coefficient (Wildman–Crippen LogP) is 5.23. The second kappa shape index (κ2) is 10.7. The lowest BCUT2D eigenvalue weighted by Gasteiger charge is -2.65. The minimum Gasteiger partial charge on any atom is -0.461 e. The van der Waals surface area contributed by atoms with E-state index in [2.05, 4.69) is 29.2 Å². The first-order chi connectivity index (χ1) is 19.4. The zero-order valence-corrected chi connectivity index (χ0v) is 23.6. The van der Waals surface area contributed by atoms with Gasteiger partial charge in [-0.05, 0) is 49.3 Å². The number of anilines is 1. The molecule has 4 fully saturated rings. The molecule has 5 atom stereocenters. The third-order valence-corrected chi connectivity index (χ3v) is 10.2. The van der Waals surface area contributed by atoms with Crippen LogP contribution in [-0.4, -0.2) is 55.6 Å². The zero-order valence-electron chi connectivity index (χ0n) is 23.6. The van der Waals surface area contributed by atoms with Gasteiger partial charge in [-0.2, -0.15) is 0 Å². The van der Waals surface area contributed by atoms with Crippen molar-refractivity contribution in [3.05, 3.63) is 65.7 Å². The van der Waals surface area contributed by atoms with Crippen LogP contribution in [0.5, 0.6) is 0 Å². The van der Waals surface area contributed by atoms with Crippen molar-refractivity contribution in [3.63, 3.8) is 0 Å². The summed E-state index contributed by atoms with van der Waals surface area (Å²) in [5, 5.41) is 0. The molecule has 2 saturated heterocycles. The number of imide groups is 1. The third-order valence-electron chi connectivity index (χ3n) is 10.2. The van der Waals surface area contributed by atoms with E-state index in [0.29, 0.717) is 18.2 Å². The van der Waals surface area contributed by atoms with Gasteiger partial charge in [-0.15, -0.1) is 0 Å². The van der Waals surface area contributed by atoms with Gasteiger partial charge in [0.2, 0.25) is 11.8 Å².